The topological polar surface area (TPSA) is 9.23 Å². The molecule has 1 rings (SSSR count). The Kier molecular flexibility index (Phi) is 5.90. The summed E-state index contributed by atoms with van der Waals surface area (Å²) < 4.78 is 6.95. The second-order valence-corrected chi connectivity index (χ2v) is 10.4. The molecule has 0 fully saturated rings. The summed E-state index contributed by atoms with van der Waals surface area (Å²) in [6, 6.07) is 8.46. The van der Waals surface area contributed by atoms with E-state index in [1.165, 1.54) is 5.56 Å². The van der Waals surface area contributed by atoms with Crippen LogP contribution >= 0.6 is 15.9 Å². The van der Waals surface area contributed by atoms with Crippen molar-refractivity contribution in [1.29, 1.82) is 0 Å². The number of hydrogen-bond acceptors (Lipinski definition) is 1. The number of rotatable bonds is 6. The first-order chi connectivity index (χ1) is 7.92. The Morgan fingerprint density at radius 3 is 2.29 bits per heavy atom. The van der Waals surface area contributed by atoms with Crippen molar-refractivity contribution >= 4 is 24.7 Å². The van der Waals surface area contributed by atoms with Gasteiger partial charge in [0, 0.05) is 19.9 Å². The van der Waals surface area contributed by atoms with E-state index in [0.717, 1.165) is 24.1 Å². The molecule has 0 unspecified atom stereocenters. The molecule has 1 nitrogen and oxygen atoms in total. The van der Waals surface area contributed by atoms with Gasteiger partial charge in [0.15, 0.2) is 0 Å². The van der Waals surface area contributed by atoms with Crippen molar-refractivity contribution in [2.75, 3.05) is 13.2 Å². The minimum absolute atomic E-state index is 0.402. The van der Waals surface area contributed by atoms with Crippen molar-refractivity contribution in [2.24, 2.45) is 0 Å². The highest BCUT2D eigenvalue weighted by Gasteiger charge is 2.23. The minimum Gasteiger partial charge on any atom is -0.381 e. The molecule has 1 aromatic rings. The Hall–Kier alpha value is -0.123. The maximum Gasteiger partial charge on any atom is 0.0506 e. The predicted molar refractivity (Wildman–Crippen MR) is 81.6 cm³/mol. The van der Waals surface area contributed by atoms with Gasteiger partial charge in [0.2, 0.25) is 0 Å². The molecule has 0 saturated heterocycles. The molecule has 0 spiro atoms. The third-order valence-corrected chi connectivity index (χ3v) is 7.31. The van der Waals surface area contributed by atoms with Crippen molar-refractivity contribution in [3.05, 3.63) is 34.3 Å². The molecule has 0 atom stereocenters. The second kappa shape index (κ2) is 6.71. The lowest BCUT2D eigenvalue weighted by atomic mass is 10.2. The van der Waals surface area contributed by atoms with Crippen LogP contribution in [-0.2, 0) is 11.2 Å². The Bertz CT molecular complexity index is 333. The van der Waals surface area contributed by atoms with Crippen LogP contribution < -0.4 is 0 Å². The summed E-state index contributed by atoms with van der Waals surface area (Å²) in [6.45, 7) is 11.1. The van der Waals surface area contributed by atoms with Crippen LogP contribution in [0.15, 0.2) is 28.7 Å². The maximum atomic E-state index is 5.82. The SMILES string of the molecule is C[SiH](C)C(C)(C)COCCc1ccc(Br)cc1. The van der Waals surface area contributed by atoms with E-state index in [0.29, 0.717) is 5.04 Å². The molecule has 17 heavy (non-hydrogen) atoms. The fraction of sp³-hybridized carbons (Fsp3) is 0.571. The second-order valence-electron chi connectivity index (χ2n) is 5.57. The highest BCUT2D eigenvalue weighted by molar-refractivity contribution is 9.10. The van der Waals surface area contributed by atoms with E-state index >= 15 is 0 Å². The van der Waals surface area contributed by atoms with Gasteiger partial charge in [0.1, 0.15) is 0 Å². The van der Waals surface area contributed by atoms with Crippen molar-refractivity contribution < 1.29 is 4.74 Å². The largest absolute Gasteiger partial charge is 0.381 e. The first-order valence-electron chi connectivity index (χ1n) is 6.24. The molecule has 0 aliphatic heterocycles. The van der Waals surface area contributed by atoms with Gasteiger partial charge in [-0.1, -0.05) is 55.0 Å². The summed E-state index contributed by atoms with van der Waals surface area (Å²) in [5.74, 6) is 0. The summed E-state index contributed by atoms with van der Waals surface area (Å²) in [7, 11) is -0.634. The fourth-order valence-electron chi connectivity index (χ4n) is 1.34. The van der Waals surface area contributed by atoms with Gasteiger partial charge in [-0.25, -0.2) is 0 Å². The highest BCUT2D eigenvalue weighted by Crippen LogP contribution is 2.28. The molecule has 0 saturated carbocycles. The third-order valence-electron chi connectivity index (χ3n) is 3.49. The molecule has 0 N–H and O–H groups in total. The Balaban J connectivity index is 2.27. The molecule has 0 aliphatic rings. The lowest BCUT2D eigenvalue weighted by Crippen LogP contribution is -2.26. The molecular formula is C14H23BrOSi. The van der Waals surface area contributed by atoms with Gasteiger partial charge < -0.3 is 4.74 Å². The Labute approximate surface area is 115 Å². The van der Waals surface area contributed by atoms with Crippen molar-refractivity contribution in [3.8, 4) is 0 Å². The molecule has 0 radical (unpaired) electrons. The van der Waals surface area contributed by atoms with Crippen LogP contribution in [0.1, 0.15) is 19.4 Å². The monoisotopic (exact) mass is 314 g/mol. The zero-order valence-corrected chi connectivity index (χ0v) is 14.0. The number of ether oxygens (including phenoxy) is 1. The van der Waals surface area contributed by atoms with E-state index in [1.54, 1.807) is 0 Å². The molecule has 0 heterocycles. The van der Waals surface area contributed by atoms with Crippen LogP contribution in [0.4, 0.5) is 0 Å². The van der Waals surface area contributed by atoms with Gasteiger partial charge in [-0.2, -0.15) is 0 Å². The van der Waals surface area contributed by atoms with Crippen LogP contribution in [0.25, 0.3) is 0 Å². The summed E-state index contributed by atoms with van der Waals surface area (Å²) in [4.78, 5) is 0. The lowest BCUT2D eigenvalue weighted by molar-refractivity contribution is 0.116. The summed E-state index contributed by atoms with van der Waals surface area (Å²) in [5, 5.41) is 0.402. The van der Waals surface area contributed by atoms with Gasteiger partial charge in [0.05, 0.1) is 6.61 Å². The first kappa shape index (κ1) is 14.9. The molecular weight excluding hydrogens is 292 g/mol. The van der Waals surface area contributed by atoms with Crippen LogP contribution in [0.5, 0.6) is 0 Å². The van der Waals surface area contributed by atoms with Crippen LogP contribution in [0.3, 0.4) is 0 Å². The average molecular weight is 315 g/mol. The van der Waals surface area contributed by atoms with Crippen molar-refractivity contribution in [3.63, 3.8) is 0 Å². The van der Waals surface area contributed by atoms with Gasteiger partial charge in [-0.15, -0.1) is 0 Å². The lowest BCUT2D eigenvalue weighted by Gasteiger charge is -2.27. The third kappa shape index (κ3) is 5.36. The molecule has 1 aromatic carbocycles. The van der Waals surface area contributed by atoms with Crippen LogP contribution in [0.2, 0.25) is 18.1 Å². The number of hydrogen-bond donors (Lipinski definition) is 0. The zero-order valence-electron chi connectivity index (χ0n) is 11.3. The predicted octanol–water partition coefficient (Wildman–Crippen LogP) is 4.28. The summed E-state index contributed by atoms with van der Waals surface area (Å²) >= 11 is 3.44. The average Bonchev–Trinajstić information content (AvgIpc) is 2.26. The van der Waals surface area contributed by atoms with Crippen LogP contribution in [-0.4, -0.2) is 22.0 Å². The van der Waals surface area contributed by atoms with Gasteiger partial charge in [0.25, 0.3) is 0 Å². The maximum absolute atomic E-state index is 5.82. The molecule has 0 aliphatic carbocycles. The molecule has 96 valence electrons. The minimum atomic E-state index is -0.634. The molecule has 3 heteroatoms. The van der Waals surface area contributed by atoms with Gasteiger partial charge >= 0.3 is 0 Å². The normalized spacial score (nSPS) is 12.1. The van der Waals surface area contributed by atoms with Crippen molar-refractivity contribution in [2.45, 2.75) is 38.4 Å². The van der Waals surface area contributed by atoms with Crippen LogP contribution in [0, 0.1) is 0 Å². The van der Waals surface area contributed by atoms with E-state index in [1.807, 2.05) is 0 Å². The van der Waals surface area contributed by atoms with E-state index in [2.05, 4.69) is 67.1 Å². The molecule has 0 amide bonds. The standard InChI is InChI=1S/C14H23BrOSi/c1-14(2,17(3)4)11-16-10-9-12-5-7-13(15)8-6-12/h5-8,17H,9-11H2,1-4H3. The van der Waals surface area contributed by atoms with E-state index in [4.69, 9.17) is 4.74 Å². The molecule has 0 bridgehead atoms. The first-order valence-corrected chi connectivity index (χ1v) is 9.92. The zero-order chi connectivity index (χ0) is 12.9. The van der Waals surface area contributed by atoms with Crippen molar-refractivity contribution in [1.82, 2.24) is 0 Å². The fourth-order valence-corrected chi connectivity index (χ4v) is 2.06. The quantitative estimate of drug-likeness (QED) is 0.562. The summed E-state index contributed by atoms with van der Waals surface area (Å²) in [5.41, 5.74) is 1.34. The number of benzene rings is 1. The van der Waals surface area contributed by atoms with E-state index in [-0.39, 0.29) is 0 Å². The smallest absolute Gasteiger partial charge is 0.0506 e. The highest BCUT2D eigenvalue weighted by atomic mass is 79.9. The van der Waals surface area contributed by atoms with Gasteiger partial charge in [-0.3, -0.25) is 0 Å². The van der Waals surface area contributed by atoms with Gasteiger partial charge in [-0.05, 0) is 29.2 Å². The Morgan fingerprint density at radius 2 is 1.76 bits per heavy atom. The summed E-state index contributed by atoms with van der Waals surface area (Å²) in [6.07, 6.45) is 1.00. The number of halogens is 1. The molecule has 0 aromatic heterocycles. The van der Waals surface area contributed by atoms with E-state index in [9.17, 15) is 0 Å². The Morgan fingerprint density at radius 1 is 1.18 bits per heavy atom. The van der Waals surface area contributed by atoms with E-state index < -0.39 is 8.80 Å².